The lowest BCUT2D eigenvalue weighted by atomic mass is 10.2. The number of piperazine rings is 1. The van der Waals surface area contributed by atoms with Crippen molar-refractivity contribution in [2.75, 3.05) is 51.2 Å². The minimum atomic E-state index is -0.876. The van der Waals surface area contributed by atoms with Crippen molar-refractivity contribution in [3.63, 3.8) is 0 Å². The van der Waals surface area contributed by atoms with Gasteiger partial charge < -0.3 is 14.9 Å². The van der Waals surface area contributed by atoms with Gasteiger partial charge >= 0.3 is 5.97 Å². The van der Waals surface area contributed by atoms with Gasteiger partial charge in [0.25, 0.3) is 0 Å². The molecule has 1 saturated heterocycles. The van der Waals surface area contributed by atoms with Gasteiger partial charge in [0.15, 0.2) is 0 Å². The first kappa shape index (κ1) is 16.2. The van der Waals surface area contributed by atoms with Gasteiger partial charge in [-0.05, 0) is 19.2 Å². The molecule has 1 aromatic rings. The fourth-order valence-electron chi connectivity index (χ4n) is 2.48. The van der Waals surface area contributed by atoms with Crippen LogP contribution in [-0.4, -0.2) is 78.1 Å². The molecule has 22 heavy (non-hydrogen) atoms. The lowest BCUT2D eigenvalue weighted by molar-refractivity contribution is -0.139. The quantitative estimate of drug-likeness (QED) is 0.805. The van der Waals surface area contributed by atoms with E-state index < -0.39 is 5.97 Å². The number of carboxylic acid groups (broad SMARTS) is 1. The average molecular weight is 306 g/mol. The monoisotopic (exact) mass is 306 g/mol. The topological polar surface area (TPSA) is 77.0 Å². The van der Waals surface area contributed by atoms with Gasteiger partial charge in [-0.15, -0.1) is 0 Å². The summed E-state index contributed by atoms with van der Waals surface area (Å²) in [5.41, 5.74) is 0. The van der Waals surface area contributed by atoms with Crippen molar-refractivity contribution in [2.24, 2.45) is 0 Å². The fourth-order valence-corrected chi connectivity index (χ4v) is 2.48. The third-order valence-corrected chi connectivity index (χ3v) is 3.72. The summed E-state index contributed by atoms with van der Waals surface area (Å²) in [6, 6.07) is 5.81. The third kappa shape index (κ3) is 4.70. The number of carbonyl (C=O) groups excluding carboxylic acids is 1. The van der Waals surface area contributed by atoms with Crippen LogP contribution in [0, 0.1) is 0 Å². The molecule has 7 heteroatoms. The summed E-state index contributed by atoms with van der Waals surface area (Å²) in [6.45, 7) is 3.32. The molecule has 0 spiro atoms. The Morgan fingerprint density at radius 3 is 2.59 bits per heavy atom. The van der Waals surface area contributed by atoms with E-state index in [1.54, 1.807) is 18.1 Å². The van der Waals surface area contributed by atoms with Crippen LogP contribution in [0.15, 0.2) is 24.4 Å². The molecule has 1 N–H and O–H groups in total. The Hall–Kier alpha value is -2.15. The zero-order chi connectivity index (χ0) is 15.9. The van der Waals surface area contributed by atoms with Crippen LogP contribution in [0.25, 0.3) is 0 Å². The SMILES string of the molecule is CN(CCC(=O)N1CCN(c2ccccn2)CC1)CC(=O)O. The molecule has 0 radical (unpaired) electrons. The lowest BCUT2D eigenvalue weighted by Crippen LogP contribution is -2.49. The maximum Gasteiger partial charge on any atom is 0.317 e. The molecule has 1 aliphatic rings. The highest BCUT2D eigenvalue weighted by Crippen LogP contribution is 2.13. The van der Waals surface area contributed by atoms with Crippen molar-refractivity contribution in [3.8, 4) is 0 Å². The standard InChI is InChI=1S/C15H22N4O3/c1-17(12-15(21)22)7-5-14(20)19-10-8-18(9-11-19)13-4-2-3-6-16-13/h2-4,6H,5,7-12H2,1H3,(H,21,22). The van der Waals surface area contributed by atoms with E-state index in [4.69, 9.17) is 5.11 Å². The fraction of sp³-hybridized carbons (Fsp3) is 0.533. The van der Waals surface area contributed by atoms with Crippen LogP contribution in [-0.2, 0) is 9.59 Å². The smallest absolute Gasteiger partial charge is 0.317 e. The molecule has 1 amide bonds. The number of pyridine rings is 1. The molecule has 0 aliphatic carbocycles. The highest BCUT2D eigenvalue weighted by Gasteiger charge is 2.21. The van der Waals surface area contributed by atoms with Crippen LogP contribution in [0.1, 0.15) is 6.42 Å². The van der Waals surface area contributed by atoms with Crippen LogP contribution >= 0.6 is 0 Å². The highest BCUT2D eigenvalue weighted by molar-refractivity contribution is 5.77. The molecule has 120 valence electrons. The molecular formula is C15H22N4O3. The van der Waals surface area contributed by atoms with E-state index in [1.165, 1.54) is 0 Å². The summed E-state index contributed by atoms with van der Waals surface area (Å²) in [7, 11) is 1.71. The summed E-state index contributed by atoms with van der Waals surface area (Å²) in [5, 5.41) is 8.69. The van der Waals surface area contributed by atoms with Crippen molar-refractivity contribution in [1.82, 2.24) is 14.8 Å². The zero-order valence-corrected chi connectivity index (χ0v) is 12.8. The predicted octanol–water partition coefficient (Wildman–Crippen LogP) is 0.137. The largest absolute Gasteiger partial charge is 0.480 e. The minimum Gasteiger partial charge on any atom is -0.480 e. The van der Waals surface area contributed by atoms with Crippen molar-refractivity contribution in [3.05, 3.63) is 24.4 Å². The minimum absolute atomic E-state index is 0.0409. The molecule has 2 rings (SSSR count). The lowest BCUT2D eigenvalue weighted by Gasteiger charge is -2.35. The van der Waals surface area contributed by atoms with Gasteiger partial charge in [-0.1, -0.05) is 6.07 Å². The van der Waals surface area contributed by atoms with E-state index in [-0.39, 0.29) is 12.5 Å². The van der Waals surface area contributed by atoms with Gasteiger partial charge in [-0.2, -0.15) is 0 Å². The molecule has 1 aromatic heterocycles. The number of amides is 1. The molecular weight excluding hydrogens is 284 g/mol. The number of rotatable bonds is 6. The molecule has 0 aromatic carbocycles. The Morgan fingerprint density at radius 2 is 2.00 bits per heavy atom. The predicted molar refractivity (Wildman–Crippen MR) is 82.8 cm³/mol. The Bertz CT molecular complexity index is 501. The number of aromatic nitrogens is 1. The number of hydrogen-bond acceptors (Lipinski definition) is 5. The van der Waals surface area contributed by atoms with Crippen LogP contribution in [0.5, 0.6) is 0 Å². The molecule has 0 saturated carbocycles. The number of hydrogen-bond donors (Lipinski definition) is 1. The van der Waals surface area contributed by atoms with E-state index in [1.807, 2.05) is 23.1 Å². The summed E-state index contributed by atoms with van der Waals surface area (Å²) in [4.78, 5) is 32.7. The summed E-state index contributed by atoms with van der Waals surface area (Å²) in [6.07, 6.45) is 2.12. The number of carboxylic acids is 1. The van der Waals surface area contributed by atoms with Gasteiger partial charge in [-0.25, -0.2) is 4.98 Å². The molecule has 2 heterocycles. The number of aliphatic carboxylic acids is 1. The van der Waals surface area contributed by atoms with E-state index in [0.29, 0.717) is 26.1 Å². The Morgan fingerprint density at radius 1 is 1.27 bits per heavy atom. The van der Waals surface area contributed by atoms with Crippen LogP contribution in [0.2, 0.25) is 0 Å². The zero-order valence-electron chi connectivity index (χ0n) is 12.8. The second-order valence-corrected chi connectivity index (χ2v) is 5.44. The van der Waals surface area contributed by atoms with Gasteiger partial charge in [-0.3, -0.25) is 14.5 Å². The summed E-state index contributed by atoms with van der Waals surface area (Å²) < 4.78 is 0. The number of likely N-dealkylation sites (N-methyl/N-ethyl adjacent to an activating group) is 1. The summed E-state index contributed by atoms with van der Waals surface area (Å²) in [5.74, 6) is 0.146. The Kier molecular flexibility index (Phi) is 5.71. The van der Waals surface area contributed by atoms with Crippen LogP contribution in [0.3, 0.4) is 0 Å². The molecule has 1 aliphatic heterocycles. The molecule has 0 bridgehead atoms. The summed E-state index contributed by atoms with van der Waals surface area (Å²) >= 11 is 0. The van der Waals surface area contributed by atoms with Gasteiger partial charge in [0.05, 0.1) is 6.54 Å². The van der Waals surface area contributed by atoms with Crippen molar-refractivity contribution >= 4 is 17.7 Å². The van der Waals surface area contributed by atoms with Gasteiger partial charge in [0.1, 0.15) is 5.82 Å². The first-order chi connectivity index (χ1) is 10.6. The van der Waals surface area contributed by atoms with Crippen molar-refractivity contribution in [2.45, 2.75) is 6.42 Å². The van der Waals surface area contributed by atoms with Gasteiger partial charge in [0.2, 0.25) is 5.91 Å². The molecule has 0 unspecified atom stereocenters. The second kappa shape index (κ2) is 7.74. The molecule has 0 atom stereocenters. The van der Waals surface area contributed by atoms with E-state index in [0.717, 1.165) is 18.9 Å². The van der Waals surface area contributed by atoms with Crippen LogP contribution < -0.4 is 4.90 Å². The number of carbonyl (C=O) groups is 2. The highest BCUT2D eigenvalue weighted by atomic mass is 16.4. The number of anilines is 1. The second-order valence-electron chi connectivity index (χ2n) is 5.44. The van der Waals surface area contributed by atoms with Crippen molar-refractivity contribution < 1.29 is 14.7 Å². The maximum absolute atomic E-state index is 12.1. The third-order valence-electron chi connectivity index (χ3n) is 3.72. The maximum atomic E-state index is 12.1. The molecule has 1 fully saturated rings. The van der Waals surface area contributed by atoms with E-state index in [2.05, 4.69) is 9.88 Å². The van der Waals surface area contributed by atoms with E-state index in [9.17, 15) is 9.59 Å². The Labute approximate surface area is 130 Å². The van der Waals surface area contributed by atoms with E-state index >= 15 is 0 Å². The first-order valence-electron chi connectivity index (χ1n) is 7.40. The number of nitrogens with zero attached hydrogens (tertiary/aromatic N) is 4. The molecule has 7 nitrogen and oxygen atoms in total. The Balaban J connectivity index is 1.74. The first-order valence-corrected chi connectivity index (χ1v) is 7.40. The van der Waals surface area contributed by atoms with Crippen molar-refractivity contribution in [1.29, 1.82) is 0 Å². The average Bonchev–Trinajstić information content (AvgIpc) is 2.53. The van der Waals surface area contributed by atoms with Crippen LogP contribution in [0.4, 0.5) is 5.82 Å². The van der Waals surface area contributed by atoms with Gasteiger partial charge in [0, 0.05) is 45.3 Å². The normalized spacial score (nSPS) is 15.2.